The first-order valence-corrected chi connectivity index (χ1v) is 9.23. The molecule has 0 unspecified atom stereocenters. The standard InChI is InChI=1S/C17H18N4OS/c22-23-9-7-21(8-10-23)11-13-1-3-14(4-2-13)16-15-5-6-18-17(15)20-12-19-16/h1-6,12H,7-11H2,(H,18,19,20). The first-order chi connectivity index (χ1) is 11.3. The van der Waals surface area contributed by atoms with Crippen LogP contribution in [0.2, 0.25) is 0 Å². The number of benzene rings is 1. The Labute approximate surface area is 137 Å². The molecule has 0 radical (unpaired) electrons. The summed E-state index contributed by atoms with van der Waals surface area (Å²) in [5, 5.41) is 1.04. The van der Waals surface area contributed by atoms with Crippen molar-refractivity contribution < 1.29 is 4.21 Å². The quantitative estimate of drug-likeness (QED) is 0.801. The zero-order valence-electron chi connectivity index (χ0n) is 12.7. The summed E-state index contributed by atoms with van der Waals surface area (Å²) in [6, 6.07) is 10.5. The van der Waals surface area contributed by atoms with Gasteiger partial charge in [0.25, 0.3) is 0 Å². The van der Waals surface area contributed by atoms with E-state index in [1.54, 1.807) is 6.33 Å². The highest BCUT2D eigenvalue weighted by molar-refractivity contribution is 7.85. The number of fused-ring (bicyclic) bond motifs is 1. The highest BCUT2D eigenvalue weighted by Gasteiger charge is 2.15. The van der Waals surface area contributed by atoms with Crippen LogP contribution in [0.5, 0.6) is 0 Å². The van der Waals surface area contributed by atoms with Crippen LogP contribution in [0, 0.1) is 0 Å². The maximum Gasteiger partial charge on any atom is 0.141 e. The van der Waals surface area contributed by atoms with Crippen molar-refractivity contribution in [3.63, 3.8) is 0 Å². The Kier molecular flexibility index (Phi) is 3.93. The predicted octanol–water partition coefficient (Wildman–Crippen LogP) is 2.19. The fraction of sp³-hybridized carbons (Fsp3) is 0.294. The molecule has 5 nitrogen and oxygen atoms in total. The summed E-state index contributed by atoms with van der Waals surface area (Å²) in [5.41, 5.74) is 4.19. The molecule has 0 saturated carbocycles. The van der Waals surface area contributed by atoms with Gasteiger partial charge in [-0.1, -0.05) is 24.3 Å². The average Bonchev–Trinajstić information content (AvgIpc) is 3.06. The summed E-state index contributed by atoms with van der Waals surface area (Å²) in [6.07, 6.45) is 3.48. The molecule has 0 atom stereocenters. The van der Waals surface area contributed by atoms with E-state index in [4.69, 9.17) is 0 Å². The minimum absolute atomic E-state index is 0.616. The summed E-state index contributed by atoms with van der Waals surface area (Å²) in [6.45, 7) is 2.76. The second kappa shape index (κ2) is 6.22. The molecule has 1 fully saturated rings. The van der Waals surface area contributed by atoms with E-state index >= 15 is 0 Å². The number of H-pyrrole nitrogens is 1. The number of nitrogens with one attached hydrogen (secondary N) is 1. The van der Waals surface area contributed by atoms with E-state index in [1.807, 2.05) is 12.3 Å². The number of nitrogens with zero attached hydrogens (tertiary/aromatic N) is 3. The summed E-state index contributed by atoms with van der Waals surface area (Å²) >= 11 is 0. The summed E-state index contributed by atoms with van der Waals surface area (Å²) in [4.78, 5) is 14.1. The number of aromatic amines is 1. The first kappa shape index (κ1) is 14.5. The van der Waals surface area contributed by atoms with Crippen molar-refractivity contribution in [3.05, 3.63) is 48.4 Å². The van der Waals surface area contributed by atoms with Crippen LogP contribution < -0.4 is 0 Å². The molecule has 0 aliphatic carbocycles. The van der Waals surface area contributed by atoms with Gasteiger partial charge in [-0.15, -0.1) is 0 Å². The van der Waals surface area contributed by atoms with Crippen LogP contribution in [-0.4, -0.2) is 48.7 Å². The lowest BCUT2D eigenvalue weighted by atomic mass is 10.1. The summed E-state index contributed by atoms with van der Waals surface area (Å²) in [5.74, 6) is 1.59. The number of hydrogen-bond donors (Lipinski definition) is 1. The molecule has 23 heavy (non-hydrogen) atoms. The Morgan fingerprint density at radius 1 is 1.09 bits per heavy atom. The number of aromatic nitrogens is 3. The van der Waals surface area contributed by atoms with Crippen molar-refractivity contribution in [2.75, 3.05) is 24.6 Å². The van der Waals surface area contributed by atoms with Gasteiger partial charge in [0.15, 0.2) is 0 Å². The van der Waals surface area contributed by atoms with Gasteiger partial charge >= 0.3 is 0 Å². The molecule has 2 aromatic heterocycles. The van der Waals surface area contributed by atoms with E-state index < -0.39 is 10.8 Å². The third-order valence-electron chi connectivity index (χ3n) is 4.26. The summed E-state index contributed by atoms with van der Waals surface area (Å²) in [7, 11) is -0.616. The molecule has 0 bridgehead atoms. The smallest absolute Gasteiger partial charge is 0.141 e. The molecule has 118 valence electrons. The Morgan fingerprint density at radius 3 is 2.65 bits per heavy atom. The molecular weight excluding hydrogens is 308 g/mol. The van der Waals surface area contributed by atoms with Gasteiger partial charge < -0.3 is 4.98 Å². The normalized spacial score (nSPS) is 16.9. The summed E-state index contributed by atoms with van der Waals surface area (Å²) < 4.78 is 11.4. The third-order valence-corrected chi connectivity index (χ3v) is 5.53. The lowest BCUT2D eigenvalue weighted by molar-refractivity contribution is 0.291. The van der Waals surface area contributed by atoms with Crippen LogP contribution >= 0.6 is 0 Å². The van der Waals surface area contributed by atoms with E-state index in [1.165, 1.54) is 5.56 Å². The predicted molar refractivity (Wildman–Crippen MR) is 92.5 cm³/mol. The fourth-order valence-electron chi connectivity index (χ4n) is 2.96. The van der Waals surface area contributed by atoms with Crippen LogP contribution in [0.25, 0.3) is 22.3 Å². The average molecular weight is 326 g/mol. The monoisotopic (exact) mass is 326 g/mol. The van der Waals surface area contributed by atoms with Gasteiger partial charge in [-0.3, -0.25) is 9.11 Å². The van der Waals surface area contributed by atoms with E-state index in [9.17, 15) is 4.21 Å². The molecule has 1 aliphatic heterocycles. The molecule has 0 amide bonds. The highest BCUT2D eigenvalue weighted by atomic mass is 32.2. The van der Waals surface area contributed by atoms with Crippen molar-refractivity contribution in [2.24, 2.45) is 0 Å². The molecule has 3 aromatic rings. The fourth-order valence-corrected chi connectivity index (χ4v) is 4.09. The maximum atomic E-state index is 11.4. The molecule has 1 N–H and O–H groups in total. The molecule has 6 heteroatoms. The van der Waals surface area contributed by atoms with Gasteiger partial charge in [0, 0.05) is 59.1 Å². The number of rotatable bonds is 3. The Hall–Kier alpha value is -2.05. The third kappa shape index (κ3) is 3.04. The van der Waals surface area contributed by atoms with E-state index in [0.717, 1.165) is 53.4 Å². The largest absolute Gasteiger partial charge is 0.346 e. The Balaban J connectivity index is 1.54. The second-order valence-electron chi connectivity index (χ2n) is 5.78. The van der Waals surface area contributed by atoms with Gasteiger partial charge in [-0.05, 0) is 11.6 Å². The molecule has 4 rings (SSSR count). The van der Waals surface area contributed by atoms with Crippen molar-refractivity contribution in [2.45, 2.75) is 6.54 Å². The van der Waals surface area contributed by atoms with Gasteiger partial charge in [0.05, 0.1) is 5.69 Å². The maximum absolute atomic E-state index is 11.4. The van der Waals surface area contributed by atoms with Crippen LogP contribution in [0.1, 0.15) is 5.56 Å². The Morgan fingerprint density at radius 2 is 1.87 bits per heavy atom. The minimum Gasteiger partial charge on any atom is -0.346 e. The van der Waals surface area contributed by atoms with Gasteiger partial charge in [-0.25, -0.2) is 9.97 Å². The van der Waals surface area contributed by atoms with E-state index in [0.29, 0.717) is 0 Å². The van der Waals surface area contributed by atoms with Crippen molar-refractivity contribution in [3.8, 4) is 11.3 Å². The zero-order chi connectivity index (χ0) is 15.6. The Bertz CT molecular complexity index is 833. The lowest BCUT2D eigenvalue weighted by Crippen LogP contribution is -2.37. The highest BCUT2D eigenvalue weighted by Crippen LogP contribution is 2.25. The zero-order valence-corrected chi connectivity index (χ0v) is 13.6. The van der Waals surface area contributed by atoms with Gasteiger partial charge in [0.1, 0.15) is 12.0 Å². The molecular formula is C17H18N4OS. The molecule has 0 spiro atoms. The van der Waals surface area contributed by atoms with Crippen LogP contribution in [-0.2, 0) is 17.3 Å². The van der Waals surface area contributed by atoms with Crippen molar-refractivity contribution >= 4 is 21.8 Å². The topological polar surface area (TPSA) is 61.9 Å². The molecule has 1 saturated heterocycles. The number of hydrogen-bond acceptors (Lipinski definition) is 4. The van der Waals surface area contributed by atoms with Crippen LogP contribution in [0.3, 0.4) is 0 Å². The van der Waals surface area contributed by atoms with Gasteiger partial charge in [-0.2, -0.15) is 0 Å². The van der Waals surface area contributed by atoms with Crippen LogP contribution in [0.15, 0.2) is 42.9 Å². The SMILES string of the molecule is O=S1CCN(Cc2ccc(-c3ncnc4[nH]ccc34)cc2)CC1. The lowest BCUT2D eigenvalue weighted by Gasteiger charge is -2.26. The molecule has 3 heterocycles. The molecule has 1 aliphatic rings. The minimum atomic E-state index is -0.616. The van der Waals surface area contributed by atoms with E-state index in [2.05, 4.69) is 44.1 Å². The van der Waals surface area contributed by atoms with Crippen molar-refractivity contribution in [1.82, 2.24) is 19.9 Å². The van der Waals surface area contributed by atoms with Gasteiger partial charge in [0.2, 0.25) is 0 Å². The van der Waals surface area contributed by atoms with Crippen LogP contribution in [0.4, 0.5) is 0 Å². The molecule has 1 aromatic carbocycles. The van der Waals surface area contributed by atoms with E-state index in [-0.39, 0.29) is 0 Å². The second-order valence-corrected chi connectivity index (χ2v) is 7.48. The first-order valence-electron chi connectivity index (χ1n) is 7.74. The van der Waals surface area contributed by atoms with Crippen molar-refractivity contribution in [1.29, 1.82) is 0 Å².